The van der Waals surface area contributed by atoms with Gasteiger partial charge in [-0.2, -0.15) is 5.10 Å². The van der Waals surface area contributed by atoms with Gasteiger partial charge >= 0.3 is 6.09 Å². The summed E-state index contributed by atoms with van der Waals surface area (Å²) in [6.45, 7) is 5.69. The van der Waals surface area contributed by atoms with Crippen LogP contribution in [0.15, 0.2) is 41.7 Å². The summed E-state index contributed by atoms with van der Waals surface area (Å²) >= 11 is 0. The lowest BCUT2D eigenvalue weighted by molar-refractivity contribution is 0.0845. The fraction of sp³-hybridized carbons (Fsp3) is 0.455. The summed E-state index contributed by atoms with van der Waals surface area (Å²) in [5, 5.41) is 8.67. The average Bonchev–Trinajstić information content (AvgIpc) is 3.23. The lowest BCUT2D eigenvalue weighted by Crippen LogP contribution is -2.43. The van der Waals surface area contributed by atoms with Gasteiger partial charge in [0.05, 0.1) is 28.8 Å². The standard InChI is InChI=1S/C22H28N6O4S/c1-15(2)13-32-22(29)27-10-8-16(9-11-27)26-20-19-12-25-28(21(19)24-14-23-20)17-4-6-18(7-5-17)33(3,30)31/h4-7,12,14-16H,8-11,13H2,1-3H3,(H,23,24,26). The third-order valence-corrected chi connectivity index (χ3v) is 6.64. The molecular weight excluding hydrogens is 444 g/mol. The predicted octanol–water partition coefficient (Wildman–Crippen LogP) is 2.89. The van der Waals surface area contributed by atoms with Crippen LogP contribution < -0.4 is 5.32 Å². The Morgan fingerprint density at radius 2 is 1.88 bits per heavy atom. The first-order chi connectivity index (χ1) is 15.7. The Balaban J connectivity index is 1.45. The first-order valence-electron chi connectivity index (χ1n) is 10.9. The maximum absolute atomic E-state index is 12.2. The van der Waals surface area contributed by atoms with Gasteiger partial charge in [-0.1, -0.05) is 13.8 Å². The number of amides is 1. The highest BCUT2D eigenvalue weighted by Crippen LogP contribution is 2.25. The molecule has 1 fully saturated rings. The van der Waals surface area contributed by atoms with Crippen molar-refractivity contribution in [2.24, 2.45) is 5.92 Å². The molecule has 0 saturated carbocycles. The molecule has 2 aromatic heterocycles. The summed E-state index contributed by atoms with van der Waals surface area (Å²) in [6.07, 6.45) is 5.66. The quantitative estimate of drug-likeness (QED) is 0.582. The van der Waals surface area contributed by atoms with Crippen LogP contribution in [-0.4, -0.2) is 71.2 Å². The van der Waals surface area contributed by atoms with Gasteiger partial charge in [0.25, 0.3) is 0 Å². The molecule has 11 heteroatoms. The fourth-order valence-corrected chi connectivity index (χ4v) is 4.34. The van der Waals surface area contributed by atoms with Gasteiger partial charge in [-0.05, 0) is 43.0 Å². The van der Waals surface area contributed by atoms with Crippen molar-refractivity contribution in [1.82, 2.24) is 24.6 Å². The van der Waals surface area contributed by atoms with E-state index in [0.29, 0.717) is 42.8 Å². The molecular formula is C22H28N6O4S. The summed E-state index contributed by atoms with van der Waals surface area (Å²) in [6, 6.07) is 6.67. The van der Waals surface area contributed by atoms with Crippen LogP contribution in [0.5, 0.6) is 0 Å². The normalized spacial score (nSPS) is 15.2. The third-order valence-electron chi connectivity index (χ3n) is 5.51. The van der Waals surface area contributed by atoms with E-state index in [1.54, 1.807) is 40.0 Å². The molecule has 33 heavy (non-hydrogen) atoms. The number of ether oxygens (including phenoxy) is 1. The monoisotopic (exact) mass is 472 g/mol. The first-order valence-corrected chi connectivity index (χ1v) is 12.8. The number of carbonyl (C=O) groups is 1. The second-order valence-corrected chi connectivity index (χ2v) is 10.7. The van der Waals surface area contributed by atoms with Gasteiger partial charge < -0.3 is 15.0 Å². The maximum atomic E-state index is 12.2. The van der Waals surface area contributed by atoms with Gasteiger partial charge in [0.1, 0.15) is 12.1 Å². The highest BCUT2D eigenvalue weighted by atomic mass is 32.2. The zero-order valence-corrected chi connectivity index (χ0v) is 19.7. The Bertz CT molecular complexity index is 1230. The number of carbonyl (C=O) groups excluding carboxylic acids is 1. The highest BCUT2D eigenvalue weighted by Gasteiger charge is 2.25. The van der Waals surface area contributed by atoms with Crippen LogP contribution in [0, 0.1) is 5.92 Å². The number of aromatic nitrogens is 4. The number of anilines is 1. The van der Waals surface area contributed by atoms with E-state index in [4.69, 9.17) is 4.74 Å². The van der Waals surface area contributed by atoms with Crippen molar-refractivity contribution < 1.29 is 17.9 Å². The lowest BCUT2D eigenvalue weighted by atomic mass is 10.1. The van der Waals surface area contributed by atoms with E-state index >= 15 is 0 Å². The fourth-order valence-electron chi connectivity index (χ4n) is 3.71. The predicted molar refractivity (Wildman–Crippen MR) is 124 cm³/mol. The van der Waals surface area contributed by atoms with Gasteiger partial charge in [0.15, 0.2) is 15.5 Å². The molecule has 176 valence electrons. The minimum Gasteiger partial charge on any atom is -0.449 e. The van der Waals surface area contributed by atoms with E-state index in [9.17, 15) is 13.2 Å². The average molecular weight is 473 g/mol. The van der Waals surface area contributed by atoms with Gasteiger partial charge in [0, 0.05) is 25.4 Å². The molecule has 1 saturated heterocycles. The number of benzene rings is 1. The first kappa shape index (κ1) is 23.0. The van der Waals surface area contributed by atoms with Crippen LogP contribution in [0.25, 0.3) is 16.7 Å². The number of rotatable bonds is 6. The Labute approximate surface area is 192 Å². The Morgan fingerprint density at radius 3 is 2.52 bits per heavy atom. The number of sulfone groups is 1. The molecule has 1 aromatic carbocycles. The molecule has 0 bridgehead atoms. The van der Waals surface area contributed by atoms with Crippen LogP contribution in [0.1, 0.15) is 26.7 Å². The number of nitrogens with zero attached hydrogens (tertiary/aromatic N) is 5. The summed E-state index contributed by atoms with van der Waals surface area (Å²) in [4.78, 5) is 22.9. The zero-order chi connectivity index (χ0) is 23.6. The minimum atomic E-state index is -3.27. The summed E-state index contributed by atoms with van der Waals surface area (Å²) < 4.78 is 30.4. The molecule has 0 unspecified atom stereocenters. The number of hydrogen-bond donors (Lipinski definition) is 1. The number of hydrogen-bond acceptors (Lipinski definition) is 8. The van der Waals surface area contributed by atoms with Crippen LogP contribution in [0.2, 0.25) is 0 Å². The Morgan fingerprint density at radius 1 is 1.18 bits per heavy atom. The third kappa shape index (κ3) is 5.24. The molecule has 3 aromatic rings. The number of fused-ring (bicyclic) bond motifs is 1. The lowest BCUT2D eigenvalue weighted by Gasteiger charge is -2.32. The van der Waals surface area contributed by atoms with Gasteiger partial charge in [-0.15, -0.1) is 0 Å². The van der Waals surface area contributed by atoms with E-state index in [1.165, 1.54) is 12.6 Å². The molecule has 0 radical (unpaired) electrons. The number of piperidine rings is 1. The van der Waals surface area contributed by atoms with Crippen molar-refractivity contribution in [3.63, 3.8) is 0 Å². The van der Waals surface area contributed by atoms with Gasteiger partial charge in [-0.25, -0.2) is 27.9 Å². The van der Waals surface area contributed by atoms with Crippen molar-refractivity contribution in [3.8, 4) is 5.69 Å². The van der Waals surface area contributed by atoms with E-state index in [-0.39, 0.29) is 17.0 Å². The van der Waals surface area contributed by atoms with Crippen molar-refractivity contribution in [2.75, 3.05) is 31.3 Å². The number of nitrogens with one attached hydrogen (secondary N) is 1. The van der Waals surface area contributed by atoms with Crippen molar-refractivity contribution in [2.45, 2.75) is 37.6 Å². The van der Waals surface area contributed by atoms with Gasteiger partial charge in [0.2, 0.25) is 0 Å². The second kappa shape index (κ2) is 9.34. The summed E-state index contributed by atoms with van der Waals surface area (Å²) in [5.41, 5.74) is 1.32. The molecule has 1 N–H and O–H groups in total. The molecule has 1 aliphatic heterocycles. The molecule has 10 nitrogen and oxygen atoms in total. The van der Waals surface area contributed by atoms with Crippen LogP contribution in [0.3, 0.4) is 0 Å². The summed E-state index contributed by atoms with van der Waals surface area (Å²) in [7, 11) is -3.27. The van der Waals surface area contributed by atoms with Gasteiger partial charge in [-0.3, -0.25) is 0 Å². The SMILES string of the molecule is CC(C)COC(=O)N1CCC(Nc2ncnc3c2cnn3-c2ccc(S(C)(=O)=O)cc2)CC1. The molecule has 1 aliphatic rings. The van der Waals surface area contributed by atoms with E-state index < -0.39 is 9.84 Å². The summed E-state index contributed by atoms with van der Waals surface area (Å²) in [5.74, 6) is 0.992. The molecule has 4 rings (SSSR count). The molecule has 3 heterocycles. The maximum Gasteiger partial charge on any atom is 0.409 e. The molecule has 0 atom stereocenters. The second-order valence-electron chi connectivity index (χ2n) is 8.66. The molecule has 1 amide bonds. The van der Waals surface area contributed by atoms with E-state index in [2.05, 4.69) is 20.4 Å². The highest BCUT2D eigenvalue weighted by molar-refractivity contribution is 7.90. The van der Waals surface area contributed by atoms with E-state index in [0.717, 1.165) is 18.2 Å². The largest absolute Gasteiger partial charge is 0.449 e. The molecule has 0 spiro atoms. The van der Waals surface area contributed by atoms with Crippen LogP contribution in [0.4, 0.5) is 10.6 Å². The smallest absolute Gasteiger partial charge is 0.409 e. The number of likely N-dealkylation sites (tertiary alicyclic amines) is 1. The topological polar surface area (TPSA) is 119 Å². The Kier molecular flexibility index (Phi) is 6.50. The van der Waals surface area contributed by atoms with E-state index in [1.807, 2.05) is 13.8 Å². The van der Waals surface area contributed by atoms with Crippen LogP contribution in [-0.2, 0) is 14.6 Å². The van der Waals surface area contributed by atoms with Crippen LogP contribution >= 0.6 is 0 Å². The Hall–Kier alpha value is -3.21. The molecule has 0 aliphatic carbocycles. The van der Waals surface area contributed by atoms with Crippen molar-refractivity contribution in [1.29, 1.82) is 0 Å². The minimum absolute atomic E-state index is 0.162. The zero-order valence-electron chi connectivity index (χ0n) is 18.9. The van der Waals surface area contributed by atoms with Crippen molar-refractivity contribution in [3.05, 3.63) is 36.8 Å². The van der Waals surface area contributed by atoms with Crippen molar-refractivity contribution >= 4 is 32.8 Å².